The molecule has 50 heavy (non-hydrogen) atoms. The van der Waals surface area contributed by atoms with Gasteiger partial charge in [-0.2, -0.15) is 13.2 Å². The van der Waals surface area contributed by atoms with Gasteiger partial charge >= 0.3 is 18.2 Å². The smallest absolute Gasteiger partial charge is 0.371 e. The van der Waals surface area contributed by atoms with Crippen molar-refractivity contribution in [2.24, 2.45) is 0 Å². The van der Waals surface area contributed by atoms with E-state index in [4.69, 9.17) is 9.47 Å². The summed E-state index contributed by atoms with van der Waals surface area (Å²) in [5.74, 6) is 0. The van der Waals surface area contributed by atoms with Crippen LogP contribution in [0, 0.1) is 6.92 Å². The number of carbonyl (C=O) groups is 2. The lowest BCUT2D eigenvalue weighted by Gasteiger charge is -2.24. The predicted octanol–water partition coefficient (Wildman–Crippen LogP) is 6.99. The summed E-state index contributed by atoms with van der Waals surface area (Å²) in [6.45, 7) is 7.22. The van der Waals surface area contributed by atoms with Gasteiger partial charge in [-0.15, -0.1) is 0 Å². The number of hydrogen-bond donors (Lipinski definition) is 6. The second-order valence-electron chi connectivity index (χ2n) is 11.8. The molecular weight excluding hydrogens is 649 g/mol. The molecule has 0 spiro atoms. The van der Waals surface area contributed by atoms with Crippen molar-refractivity contribution in [2.45, 2.75) is 31.9 Å². The molecule has 264 valence electrons. The van der Waals surface area contributed by atoms with E-state index in [2.05, 4.69) is 31.9 Å². The van der Waals surface area contributed by atoms with Crippen LogP contribution in [0.25, 0.3) is 0 Å². The minimum Gasteiger partial charge on any atom is -0.371 e. The first kappa shape index (κ1) is 36.3. The van der Waals surface area contributed by atoms with Crippen LogP contribution in [0.4, 0.5) is 39.8 Å². The van der Waals surface area contributed by atoms with E-state index < -0.39 is 17.8 Å². The molecule has 6 rings (SSSR count). The Bertz CT molecular complexity index is 1660. The molecule has 4 aromatic carbocycles. The van der Waals surface area contributed by atoms with Gasteiger partial charge in [0.05, 0.1) is 31.0 Å². The van der Waals surface area contributed by atoms with Gasteiger partial charge < -0.3 is 41.4 Å². The third-order valence-electron chi connectivity index (χ3n) is 7.98. The van der Waals surface area contributed by atoms with Crippen molar-refractivity contribution in [3.8, 4) is 0 Å². The van der Waals surface area contributed by atoms with E-state index in [1.54, 1.807) is 12.1 Å². The number of urea groups is 2. The van der Waals surface area contributed by atoms with E-state index in [1.807, 2.05) is 67.6 Å². The Labute approximate surface area is 289 Å². The molecule has 0 bridgehead atoms. The number of ether oxygens (including phenoxy) is 2. The van der Waals surface area contributed by atoms with Crippen LogP contribution in [0.2, 0.25) is 0 Å². The second kappa shape index (κ2) is 17.6. The molecule has 0 aromatic heterocycles. The highest BCUT2D eigenvalue weighted by atomic mass is 19.4. The Hall–Kier alpha value is -4.95. The number of morpholine rings is 2. The third kappa shape index (κ3) is 11.3. The first-order valence-corrected chi connectivity index (χ1v) is 16.3. The Kier molecular flexibility index (Phi) is 12.8. The van der Waals surface area contributed by atoms with Crippen LogP contribution in [0.1, 0.15) is 40.0 Å². The van der Waals surface area contributed by atoms with Crippen LogP contribution in [0.15, 0.2) is 97.1 Å². The summed E-state index contributed by atoms with van der Waals surface area (Å²) in [6.07, 6.45) is -4.33. The first-order chi connectivity index (χ1) is 24.1. The number of anilines is 3. The molecule has 2 fully saturated rings. The molecule has 2 heterocycles. The van der Waals surface area contributed by atoms with Gasteiger partial charge in [-0.25, -0.2) is 9.59 Å². The molecule has 6 N–H and O–H groups in total. The van der Waals surface area contributed by atoms with Crippen molar-refractivity contribution in [1.82, 2.24) is 16.0 Å². The van der Waals surface area contributed by atoms with Crippen molar-refractivity contribution in [3.63, 3.8) is 0 Å². The number of benzene rings is 4. The monoisotopic (exact) mass is 690 g/mol. The molecule has 2 aliphatic rings. The van der Waals surface area contributed by atoms with Crippen molar-refractivity contribution < 1.29 is 32.2 Å². The van der Waals surface area contributed by atoms with Gasteiger partial charge in [-0.1, -0.05) is 54.1 Å². The number of halogens is 3. The minimum atomic E-state index is -4.40. The van der Waals surface area contributed by atoms with Crippen LogP contribution >= 0.6 is 0 Å². The van der Waals surface area contributed by atoms with Gasteiger partial charge in [0.15, 0.2) is 0 Å². The molecule has 2 saturated heterocycles. The van der Waals surface area contributed by atoms with Crippen LogP contribution in [0.5, 0.6) is 0 Å². The maximum absolute atomic E-state index is 12.5. The number of rotatable bonds is 7. The normalized spacial score (nSPS) is 17.4. The van der Waals surface area contributed by atoms with Gasteiger partial charge in [-0.3, -0.25) is 0 Å². The highest BCUT2D eigenvalue weighted by Crippen LogP contribution is 2.30. The second-order valence-corrected chi connectivity index (χ2v) is 11.8. The topological polar surface area (TPSA) is 125 Å². The fourth-order valence-electron chi connectivity index (χ4n) is 5.22. The number of nitrogens with one attached hydrogen (secondary N) is 6. The average molecular weight is 691 g/mol. The van der Waals surface area contributed by atoms with Crippen molar-refractivity contribution in [3.05, 3.63) is 125 Å². The van der Waals surface area contributed by atoms with Crippen LogP contribution in [-0.4, -0.2) is 51.5 Å². The zero-order valence-electron chi connectivity index (χ0n) is 27.6. The molecule has 4 amide bonds. The molecule has 0 saturated carbocycles. The highest BCUT2D eigenvalue weighted by molar-refractivity contribution is 5.99. The van der Waals surface area contributed by atoms with Gasteiger partial charge in [0, 0.05) is 49.8 Å². The minimum absolute atomic E-state index is 0.0150. The molecule has 10 nitrogen and oxygen atoms in total. The van der Waals surface area contributed by atoms with E-state index >= 15 is 0 Å². The summed E-state index contributed by atoms with van der Waals surface area (Å²) < 4.78 is 48.9. The lowest BCUT2D eigenvalue weighted by molar-refractivity contribution is -0.137. The quantitative estimate of drug-likeness (QED) is 0.124. The molecule has 1 unspecified atom stereocenters. The highest BCUT2D eigenvalue weighted by Gasteiger charge is 2.30. The number of carbonyl (C=O) groups excluding carboxylic acids is 2. The maximum atomic E-state index is 12.5. The SMILES string of the molecule is Cc1ccc(CNC(=O)Nc2ccc(C3CNCCO3)cc2)cc1.O=C(Nc1ccc([C@@H]2CNCCO2)cc1)Nc1ccc(C(F)(F)F)cc1. The number of alkyl halides is 3. The molecule has 2 atom stereocenters. The number of aryl methyl sites for hydroxylation is 1. The van der Waals surface area contributed by atoms with Crippen LogP contribution in [-0.2, 0) is 22.2 Å². The van der Waals surface area contributed by atoms with Crippen molar-refractivity contribution in [2.75, 3.05) is 55.3 Å². The largest absolute Gasteiger partial charge is 0.416 e. The molecule has 13 heteroatoms. The summed E-state index contributed by atoms with van der Waals surface area (Å²) in [7, 11) is 0. The summed E-state index contributed by atoms with van der Waals surface area (Å²) in [4.78, 5) is 24.0. The van der Waals surface area contributed by atoms with E-state index in [-0.39, 0.29) is 23.9 Å². The van der Waals surface area contributed by atoms with Crippen LogP contribution in [0.3, 0.4) is 0 Å². The lowest BCUT2D eigenvalue weighted by Crippen LogP contribution is -2.33. The fraction of sp³-hybridized carbons (Fsp3) is 0.297. The summed E-state index contributed by atoms with van der Waals surface area (Å²) in [5, 5.41) is 17.4. The van der Waals surface area contributed by atoms with Crippen molar-refractivity contribution in [1.29, 1.82) is 0 Å². The van der Waals surface area contributed by atoms with Gasteiger partial charge in [-0.05, 0) is 72.1 Å². The standard InChI is InChI=1S/C19H23N3O2.C18H18F3N3O2/c1-14-2-4-15(5-3-14)12-21-19(23)22-17-8-6-16(7-9-17)18-13-20-10-11-24-18;19-18(20,21)13-3-7-15(8-4-13)24-17(25)23-14-5-1-12(2-6-14)16-11-22-9-10-26-16/h2-9,18,20H,10-13H2,1H3,(H2,21,22,23);1-8,16,22H,9-11H2,(H2,23,24,25)/t;16-/m.0/s1. The predicted molar refractivity (Wildman–Crippen MR) is 187 cm³/mol. The maximum Gasteiger partial charge on any atom is 0.416 e. The van der Waals surface area contributed by atoms with Crippen LogP contribution < -0.4 is 31.9 Å². The van der Waals surface area contributed by atoms with Gasteiger partial charge in [0.1, 0.15) is 0 Å². The average Bonchev–Trinajstić information content (AvgIpc) is 3.13. The van der Waals surface area contributed by atoms with Crippen molar-refractivity contribution >= 4 is 29.1 Å². The zero-order chi connectivity index (χ0) is 35.3. The molecule has 0 aliphatic carbocycles. The lowest BCUT2D eigenvalue weighted by atomic mass is 10.1. The molecule has 0 radical (unpaired) electrons. The molecule has 2 aliphatic heterocycles. The van der Waals surface area contributed by atoms with E-state index in [0.29, 0.717) is 18.8 Å². The Morgan fingerprint density at radius 3 is 1.52 bits per heavy atom. The van der Waals surface area contributed by atoms with E-state index in [9.17, 15) is 22.8 Å². The molecular formula is C37H41F3N6O4. The van der Waals surface area contributed by atoms with E-state index in [1.165, 1.54) is 17.7 Å². The summed E-state index contributed by atoms with van der Waals surface area (Å²) >= 11 is 0. The molecule has 4 aromatic rings. The summed E-state index contributed by atoms with van der Waals surface area (Å²) in [6, 6.07) is 26.6. The Morgan fingerprint density at radius 2 is 1.10 bits per heavy atom. The number of hydrogen-bond acceptors (Lipinski definition) is 6. The number of amides is 4. The fourth-order valence-corrected chi connectivity index (χ4v) is 5.22. The summed E-state index contributed by atoms with van der Waals surface area (Å²) in [5.41, 5.74) is 5.25. The zero-order valence-corrected chi connectivity index (χ0v) is 27.6. The van der Waals surface area contributed by atoms with E-state index in [0.717, 1.165) is 67.3 Å². The first-order valence-electron chi connectivity index (χ1n) is 16.3. The van der Waals surface area contributed by atoms with Gasteiger partial charge in [0.2, 0.25) is 0 Å². The Morgan fingerprint density at radius 1 is 0.660 bits per heavy atom. The van der Waals surface area contributed by atoms with Gasteiger partial charge in [0.25, 0.3) is 0 Å². The Balaban J connectivity index is 0.000000195. The third-order valence-corrected chi connectivity index (χ3v) is 7.98.